The highest BCUT2D eigenvalue weighted by molar-refractivity contribution is 5.71. The van der Waals surface area contributed by atoms with Gasteiger partial charge in [0.25, 0.3) is 0 Å². The Kier molecular flexibility index (Phi) is 63.8. The van der Waals surface area contributed by atoms with Crippen molar-refractivity contribution >= 4 is 17.9 Å². The van der Waals surface area contributed by atoms with E-state index in [-0.39, 0.29) is 44.0 Å². The van der Waals surface area contributed by atoms with Gasteiger partial charge in [-0.05, 0) is 96.3 Å². The van der Waals surface area contributed by atoms with Crippen LogP contribution in [0.15, 0.2) is 122 Å². The maximum Gasteiger partial charge on any atom is 0.306 e. The van der Waals surface area contributed by atoms with Gasteiger partial charge < -0.3 is 14.2 Å². The number of carbonyl (C=O) groups excluding carboxylic acids is 3. The van der Waals surface area contributed by atoms with Gasteiger partial charge >= 0.3 is 17.9 Å². The van der Waals surface area contributed by atoms with E-state index in [9.17, 15) is 14.4 Å². The van der Waals surface area contributed by atoms with E-state index in [1.165, 1.54) is 161 Å². The van der Waals surface area contributed by atoms with Crippen LogP contribution in [0.3, 0.4) is 0 Å². The van der Waals surface area contributed by atoms with Crippen LogP contribution in [0.4, 0.5) is 0 Å². The molecule has 0 aliphatic rings. The lowest BCUT2D eigenvalue weighted by Crippen LogP contribution is -2.30. The molecular formula is C74H124O6. The average Bonchev–Trinajstić information content (AvgIpc) is 3.46. The molecule has 0 rings (SSSR count). The predicted molar refractivity (Wildman–Crippen MR) is 348 cm³/mol. The number of unbranched alkanes of at least 4 members (excludes halogenated alkanes) is 29. The summed E-state index contributed by atoms with van der Waals surface area (Å²) >= 11 is 0. The molecule has 0 bridgehead atoms. The first kappa shape index (κ1) is 75.8. The molecule has 0 spiro atoms. The Morgan fingerprint density at radius 2 is 0.512 bits per heavy atom. The Balaban J connectivity index is 4.35. The van der Waals surface area contributed by atoms with E-state index in [4.69, 9.17) is 14.2 Å². The first-order valence-electron chi connectivity index (χ1n) is 33.5. The fraction of sp³-hybridized carbons (Fsp3) is 0.689. The highest BCUT2D eigenvalue weighted by Gasteiger charge is 2.19. The van der Waals surface area contributed by atoms with E-state index in [1.54, 1.807) is 0 Å². The quantitative estimate of drug-likeness (QED) is 0.0261. The summed E-state index contributed by atoms with van der Waals surface area (Å²) < 4.78 is 16.8. The van der Waals surface area contributed by atoms with Crippen molar-refractivity contribution in [1.29, 1.82) is 0 Å². The molecule has 0 aromatic heterocycles. The number of esters is 3. The first-order valence-corrected chi connectivity index (χ1v) is 33.5. The molecule has 0 aromatic carbocycles. The van der Waals surface area contributed by atoms with Crippen LogP contribution in [-0.2, 0) is 28.6 Å². The summed E-state index contributed by atoms with van der Waals surface area (Å²) in [5.41, 5.74) is 0. The van der Waals surface area contributed by atoms with Gasteiger partial charge in [0, 0.05) is 19.3 Å². The zero-order valence-electron chi connectivity index (χ0n) is 52.3. The molecule has 1 unspecified atom stereocenters. The first-order chi connectivity index (χ1) is 39.5. The number of carbonyl (C=O) groups is 3. The minimum absolute atomic E-state index is 0.118. The van der Waals surface area contributed by atoms with Gasteiger partial charge in [-0.3, -0.25) is 14.4 Å². The van der Waals surface area contributed by atoms with Gasteiger partial charge in [-0.1, -0.05) is 316 Å². The molecule has 80 heavy (non-hydrogen) atoms. The molecule has 0 radical (unpaired) electrons. The second-order valence-electron chi connectivity index (χ2n) is 22.0. The van der Waals surface area contributed by atoms with Crippen LogP contribution >= 0.6 is 0 Å². The molecule has 0 N–H and O–H groups in total. The highest BCUT2D eigenvalue weighted by Crippen LogP contribution is 2.17. The van der Waals surface area contributed by atoms with E-state index < -0.39 is 6.10 Å². The van der Waals surface area contributed by atoms with Crippen molar-refractivity contribution in [2.24, 2.45) is 0 Å². The molecule has 0 aromatic rings. The van der Waals surface area contributed by atoms with Gasteiger partial charge in [0.2, 0.25) is 0 Å². The Morgan fingerprint density at radius 3 is 0.838 bits per heavy atom. The Morgan fingerprint density at radius 1 is 0.263 bits per heavy atom. The third-order valence-electron chi connectivity index (χ3n) is 14.2. The summed E-state index contributed by atoms with van der Waals surface area (Å²) in [4.78, 5) is 38.3. The largest absolute Gasteiger partial charge is 0.462 e. The fourth-order valence-electron chi connectivity index (χ4n) is 9.29. The van der Waals surface area contributed by atoms with Crippen LogP contribution in [0, 0.1) is 0 Å². The Hall–Kier alpha value is -4.19. The van der Waals surface area contributed by atoms with E-state index in [0.29, 0.717) is 19.3 Å². The zero-order chi connectivity index (χ0) is 57.8. The lowest BCUT2D eigenvalue weighted by molar-refractivity contribution is -0.166. The van der Waals surface area contributed by atoms with Crippen molar-refractivity contribution in [1.82, 2.24) is 0 Å². The van der Waals surface area contributed by atoms with Crippen LogP contribution in [0.5, 0.6) is 0 Å². The summed E-state index contributed by atoms with van der Waals surface area (Å²) in [5, 5.41) is 0. The molecule has 0 amide bonds. The lowest BCUT2D eigenvalue weighted by atomic mass is 10.0. The summed E-state index contributed by atoms with van der Waals surface area (Å²) in [6.07, 6.45) is 94.0. The smallest absolute Gasteiger partial charge is 0.306 e. The molecule has 1 atom stereocenters. The van der Waals surface area contributed by atoms with Crippen LogP contribution in [0.1, 0.15) is 310 Å². The van der Waals surface area contributed by atoms with Crippen molar-refractivity contribution in [2.45, 2.75) is 316 Å². The van der Waals surface area contributed by atoms with Gasteiger partial charge in [0.05, 0.1) is 0 Å². The normalized spacial score (nSPS) is 12.9. The number of rotatable bonds is 60. The third-order valence-corrected chi connectivity index (χ3v) is 14.2. The van der Waals surface area contributed by atoms with Gasteiger partial charge in [-0.25, -0.2) is 0 Å². The molecule has 0 heterocycles. The van der Waals surface area contributed by atoms with Gasteiger partial charge in [0.15, 0.2) is 6.10 Å². The van der Waals surface area contributed by atoms with Crippen molar-refractivity contribution in [2.75, 3.05) is 13.2 Å². The molecule has 0 aliphatic carbocycles. The topological polar surface area (TPSA) is 78.9 Å². The second kappa shape index (κ2) is 67.3. The summed E-state index contributed by atoms with van der Waals surface area (Å²) in [5.74, 6) is -1.04. The molecule has 6 nitrogen and oxygen atoms in total. The number of hydrogen-bond donors (Lipinski definition) is 0. The molecule has 0 saturated heterocycles. The Bertz CT molecular complexity index is 1650. The summed E-state index contributed by atoms with van der Waals surface area (Å²) in [6.45, 7) is 6.34. The van der Waals surface area contributed by atoms with Crippen molar-refractivity contribution in [3.05, 3.63) is 122 Å². The molecular weight excluding hydrogens is 985 g/mol. The maximum atomic E-state index is 12.9. The van der Waals surface area contributed by atoms with E-state index in [0.717, 1.165) is 96.3 Å². The van der Waals surface area contributed by atoms with E-state index in [1.807, 2.05) is 12.2 Å². The highest BCUT2D eigenvalue weighted by atomic mass is 16.6. The second-order valence-corrected chi connectivity index (χ2v) is 22.0. The molecule has 0 saturated carbocycles. The molecule has 456 valence electrons. The maximum absolute atomic E-state index is 12.9. The minimum atomic E-state index is -0.833. The van der Waals surface area contributed by atoms with Crippen molar-refractivity contribution < 1.29 is 28.6 Å². The summed E-state index contributed by atoms with van der Waals surface area (Å²) in [6, 6.07) is 0. The van der Waals surface area contributed by atoms with Crippen molar-refractivity contribution in [3.63, 3.8) is 0 Å². The van der Waals surface area contributed by atoms with Gasteiger partial charge in [0.1, 0.15) is 13.2 Å². The molecule has 6 heteroatoms. The average molecular weight is 1110 g/mol. The van der Waals surface area contributed by atoms with Crippen LogP contribution < -0.4 is 0 Å². The third kappa shape index (κ3) is 64.6. The van der Waals surface area contributed by atoms with E-state index >= 15 is 0 Å². The van der Waals surface area contributed by atoms with Crippen LogP contribution in [0.25, 0.3) is 0 Å². The van der Waals surface area contributed by atoms with Crippen LogP contribution in [-0.4, -0.2) is 37.2 Å². The fourth-order valence-corrected chi connectivity index (χ4v) is 9.29. The van der Waals surface area contributed by atoms with E-state index in [2.05, 4.69) is 130 Å². The molecule has 0 aliphatic heterocycles. The number of hydrogen-bond acceptors (Lipinski definition) is 6. The van der Waals surface area contributed by atoms with Crippen LogP contribution in [0.2, 0.25) is 0 Å². The predicted octanol–water partition coefficient (Wildman–Crippen LogP) is 23.2. The number of allylic oxidation sites excluding steroid dienone is 20. The minimum Gasteiger partial charge on any atom is -0.462 e. The molecule has 0 fully saturated rings. The zero-order valence-corrected chi connectivity index (χ0v) is 52.3. The Labute approximate surface area is 494 Å². The monoisotopic (exact) mass is 1110 g/mol. The standard InChI is InChI=1S/C74H124O6/c1-4-7-10-13-16-19-22-25-27-29-31-33-34-35-36-37-38-39-41-42-44-46-49-52-55-58-61-64-67-73(76)79-70-71(69-78-72(75)66-63-60-57-54-51-48-24-21-18-15-12-9-6-3)80-74(77)68-65-62-59-56-53-50-47-45-43-40-32-30-28-26-23-20-17-14-11-8-5-2/h8-9,11-12,17-18,20-21,26,28,32,40,45,47-48,51,53,56-57,60,71H,4-7,10,13-16,19,22-25,27,29-31,33-39,41-44,46,49-50,52,54-55,58-59,61-70H2,1-3H3/b11-8-,12-9-,20-17-,21-18-,28-26-,40-32-,47-45-,51-48-,56-53-,60-57-. The van der Waals surface area contributed by atoms with Crippen molar-refractivity contribution in [3.8, 4) is 0 Å². The number of ether oxygens (including phenoxy) is 3. The lowest BCUT2D eigenvalue weighted by Gasteiger charge is -2.18. The SMILES string of the molecule is CC/C=C\C/C=C\C/C=C\C/C=C\C/C=C\C/C=C\CCCCC(=O)OC(COC(=O)CC/C=C\C/C=C\C/C=C\C/C=C\CC)COC(=O)CCCCCCCCCCCCCCCCCCCCCCCCCCCCCC. The van der Waals surface area contributed by atoms with Gasteiger partial charge in [-0.15, -0.1) is 0 Å². The summed E-state index contributed by atoms with van der Waals surface area (Å²) in [7, 11) is 0. The van der Waals surface area contributed by atoms with Gasteiger partial charge in [-0.2, -0.15) is 0 Å².